The lowest BCUT2D eigenvalue weighted by molar-refractivity contribution is -0.116. The molecule has 0 radical (unpaired) electrons. The zero-order valence-corrected chi connectivity index (χ0v) is 19.0. The largest absolute Gasteiger partial charge is 0.490 e. The molecule has 2 aliphatic heterocycles. The van der Waals surface area contributed by atoms with Gasteiger partial charge in [0.15, 0.2) is 11.5 Å². The average molecular weight is 460 g/mol. The van der Waals surface area contributed by atoms with Gasteiger partial charge in [-0.1, -0.05) is 6.42 Å². The van der Waals surface area contributed by atoms with E-state index in [1.165, 1.54) is 4.31 Å². The third kappa shape index (κ3) is 5.16. The van der Waals surface area contributed by atoms with Crippen LogP contribution in [0, 0.1) is 0 Å². The van der Waals surface area contributed by atoms with E-state index in [-0.39, 0.29) is 10.8 Å². The molecule has 172 valence electrons. The highest BCUT2D eigenvalue weighted by Gasteiger charge is 2.26. The maximum atomic E-state index is 12.8. The number of sulfonamides is 1. The first-order valence-electron chi connectivity index (χ1n) is 11.0. The van der Waals surface area contributed by atoms with Crippen LogP contribution < -0.4 is 20.1 Å². The number of benzene rings is 2. The maximum absolute atomic E-state index is 12.8. The molecular formula is C23H29N3O5S. The SMILES string of the molecule is C[C@H](Nc1ccc2c(c1)OCCCO2)C(=O)Nc1ccc(S(=O)(=O)N2CCCCC2)cc1. The number of amides is 1. The van der Waals surface area contributed by atoms with Crippen LogP contribution in [0.4, 0.5) is 11.4 Å². The van der Waals surface area contributed by atoms with E-state index in [1.807, 2.05) is 18.2 Å². The number of ether oxygens (including phenoxy) is 2. The summed E-state index contributed by atoms with van der Waals surface area (Å²) < 4.78 is 38.4. The van der Waals surface area contributed by atoms with Gasteiger partial charge in [0.25, 0.3) is 0 Å². The molecule has 1 saturated heterocycles. The molecule has 9 heteroatoms. The zero-order valence-electron chi connectivity index (χ0n) is 18.2. The number of carbonyl (C=O) groups excluding carboxylic acids is 1. The molecule has 32 heavy (non-hydrogen) atoms. The summed E-state index contributed by atoms with van der Waals surface area (Å²) in [6, 6.07) is 11.3. The highest BCUT2D eigenvalue weighted by atomic mass is 32.2. The average Bonchev–Trinajstić information content (AvgIpc) is 3.05. The Hall–Kier alpha value is -2.78. The molecule has 2 heterocycles. The topological polar surface area (TPSA) is 97.0 Å². The lowest BCUT2D eigenvalue weighted by Gasteiger charge is -2.25. The Bertz CT molecular complexity index is 1050. The van der Waals surface area contributed by atoms with Crippen molar-refractivity contribution < 1.29 is 22.7 Å². The van der Waals surface area contributed by atoms with Crippen LogP contribution >= 0.6 is 0 Å². The van der Waals surface area contributed by atoms with Gasteiger partial charge in [0.05, 0.1) is 18.1 Å². The Balaban J connectivity index is 1.37. The monoisotopic (exact) mass is 459 g/mol. The molecule has 2 N–H and O–H groups in total. The Morgan fingerprint density at radius 1 is 0.906 bits per heavy atom. The van der Waals surface area contributed by atoms with Gasteiger partial charge >= 0.3 is 0 Å². The summed E-state index contributed by atoms with van der Waals surface area (Å²) in [6.07, 6.45) is 3.67. The van der Waals surface area contributed by atoms with Crippen LogP contribution in [-0.2, 0) is 14.8 Å². The summed E-state index contributed by atoms with van der Waals surface area (Å²) in [6.45, 7) is 4.09. The first-order chi connectivity index (χ1) is 15.4. The van der Waals surface area contributed by atoms with Crippen molar-refractivity contribution in [2.24, 2.45) is 0 Å². The first-order valence-corrected chi connectivity index (χ1v) is 12.4. The van der Waals surface area contributed by atoms with Gasteiger partial charge in [-0.3, -0.25) is 4.79 Å². The predicted octanol–water partition coefficient (Wildman–Crippen LogP) is 3.46. The van der Waals surface area contributed by atoms with Crippen molar-refractivity contribution in [2.75, 3.05) is 36.9 Å². The van der Waals surface area contributed by atoms with Crippen LogP contribution in [0.15, 0.2) is 47.4 Å². The molecule has 1 fully saturated rings. The molecule has 0 spiro atoms. The second-order valence-corrected chi connectivity index (χ2v) is 9.99. The molecule has 1 atom stereocenters. The van der Waals surface area contributed by atoms with Crippen molar-refractivity contribution in [2.45, 2.75) is 43.5 Å². The number of fused-ring (bicyclic) bond motifs is 1. The van der Waals surface area contributed by atoms with Crippen molar-refractivity contribution in [3.63, 3.8) is 0 Å². The number of hydrogen-bond acceptors (Lipinski definition) is 6. The molecule has 0 bridgehead atoms. The minimum atomic E-state index is -3.49. The zero-order chi connectivity index (χ0) is 22.6. The Labute approximate surface area is 189 Å². The lowest BCUT2D eigenvalue weighted by atomic mass is 10.2. The molecule has 0 unspecified atom stereocenters. The molecule has 2 aromatic carbocycles. The summed E-state index contributed by atoms with van der Waals surface area (Å²) in [5, 5.41) is 5.99. The van der Waals surface area contributed by atoms with Gasteiger partial charge in [0.2, 0.25) is 15.9 Å². The second kappa shape index (κ2) is 9.79. The number of nitrogens with one attached hydrogen (secondary N) is 2. The molecule has 2 aromatic rings. The van der Waals surface area contributed by atoms with Gasteiger partial charge in [0.1, 0.15) is 6.04 Å². The fourth-order valence-electron chi connectivity index (χ4n) is 3.78. The van der Waals surface area contributed by atoms with E-state index in [9.17, 15) is 13.2 Å². The fraction of sp³-hybridized carbons (Fsp3) is 0.435. The van der Waals surface area contributed by atoms with Crippen molar-refractivity contribution in [3.05, 3.63) is 42.5 Å². The van der Waals surface area contributed by atoms with Crippen molar-refractivity contribution in [3.8, 4) is 11.5 Å². The quantitative estimate of drug-likeness (QED) is 0.687. The fourth-order valence-corrected chi connectivity index (χ4v) is 5.30. The van der Waals surface area contributed by atoms with E-state index < -0.39 is 16.1 Å². The van der Waals surface area contributed by atoms with Gasteiger partial charge in [-0.05, 0) is 56.2 Å². The molecule has 0 saturated carbocycles. The predicted molar refractivity (Wildman–Crippen MR) is 123 cm³/mol. The number of anilines is 2. The van der Waals surface area contributed by atoms with Crippen LogP contribution in [0.1, 0.15) is 32.6 Å². The third-order valence-corrected chi connectivity index (χ3v) is 7.51. The van der Waals surface area contributed by atoms with Crippen LogP contribution in [0.25, 0.3) is 0 Å². The summed E-state index contributed by atoms with van der Waals surface area (Å²) >= 11 is 0. The molecule has 0 aromatic heterocycles. The van der Waals surface area contributed by atoms with Gasteiger partial charge in [-0.15, -0.1) is 0 Å². The third-order valence-electron chi connectivity index (χ3n) is 5.60. The Morgan fingerprint density at radius 3 is 2.28 bits per heavy atom. The minimum Gasteiger partial charge on any atom is -0.490 e. The second-order valence-electron chi connectivity index (χ2n) is 8.06. The molecule has 0 aliphatic carbocycles. The number of rotatable bonds is 6. The Morgan fingerprint density at radius 2 is 1.56 bits per heavy atom. The van der Waals surface area contributed by atoms with Gasteiger partial charge in [-0.2, -0.15) is 4.31 Å². The minimum absolute atomic E-state index is 0.233. The first kappa shape index (κ1) is 22.4. The van der Waals surface area contributed by atoms with E-state index in [4.69, 9.17) is 9.47 Å². The van der Waals surface area contributed by atoms with Crippen LogP contribution in [0.5, 0.6) is 11.5 Å². The maximum Gasteiger partial charge on any atom is 0.246 e. The van der Waals surface area contributed by atoms with Crippen LogP contribution in [-0.4, -0.2) is 51.0 Å². The van der Waals surface area contributed by atoms with Crippen molar-refractivity contribution in [1.82, 2.24) is 4.31 Å². The Kier molecular flexibility index (Phi) is 6.86. The smallest absolute Gasteiger partial charge is 0.246 e. The van der Waals surface area contributed by atoms with Gasteiger partial charge in [-0.25, -0.2) is 8.42 Å². The summed E-state index contributed by atoms with van der Waals surface area (Å²) in [4.78, 5) is 12.9. The molecule has 8 nitrogen and oxygen atoms in total. The van der Waals surface area contributed by atoms with E-state index >= 15 is 0 Å². The van der Waals surface area contributed by atoms with Crippen LogP contribution in [0.2, 0.25) is 0 Å². The number of piperidine rings is 1. The summed E-state index contributed by atoms with van der Waals surface area (Å²) in [5.41, 5.74) is 1.29. The number of nitrogens with zero attached hydrogens (tertiary/aromatic N) is 1. The number of hydrogen-bond donors (Lipinski definition) is 2. The standard InChI is InChI=1S/C23H29N3O5S/c1-17(24-19-8-11-21-22(16-19)31-15-5-14-30-21)23(27)25-18-6-9-20(10-7-18)32(28,29)26-12-3-2-4-13-26/h6-11,16-17,24H,2-5,12-15H2,1H3,(H,25,27)/t17-/m0/s1. The summed E-state index contributed by atoms with van der Waals surface area (Å²) in [7, 11) is -3.49. The molecule has 2 aliphatic rings. The highest BCUT2D eigenvalue weighted by Crippen LogP contribution is 2.32. The van der Waals surface area contributed by atoms with E-state index in [0.717, 1.165) is 31.4 Å². The number of carbonyl (C=O) groups is 1. The molecular weight excluding hydrogens is 430 g/mol. The van der Waals surface area contributed by atoms with E-state index in [1.54, 1.807) is 31.2 Å². The summed E-state index contributed by atoms with van der Waals surface area (Å²) in [5.74, 6) is 1.12. The van der Waals surface area contributed by atoms with E-state index in [2.05, 4.69) is 10.6 Å². The van der Waals surface area contributed by atoms with Crippen LogP contribution in [0.3, 0.4) is 0 Å². The normalized spacial score (nSPS) is 17.8. The van der Waals surface area contributed by atoms with Gasteiger partial charge in [0, 0.05) is 37.0 Å². The van der Waals surface area contributed by atoms with Crippen molar-refractivity contribution >= 4 is 27.3 Å². The van der Waals surface area contributed by atoms with Crippen molar-refractivity contribution in [1.29, 1.82) is 0 Å². The molecule has 1 amide bonds. The highest BCUT2D eigenvalue weighted by molar-refractivity contribution is 7.89. The lowest BCUT2D eigenvalue weighted by Crippen LogP contribution is -2.35. The van der Waals surface area contributed by atoms with Gasteiger partial charge < -0.3 is 20.1 Å². The van der Waals surface area contributed by atoms with E-state index in [0.29, 0.717) is 43.5 Å². The molecule has 4 rings (SSSR count).